The number of nitrogens with one attached hydrogen (secondary N) is 1. The molecule has 0 atom stereocenters. The molecule has 0 bridgehead atoms. The standard InChI is InChI=1S/C14H11ClF3N3OS/c1-8-6-11(14(16,17)18)21-13(19-8)23-7-12(22)20-10-5-3-2-4-9(10)15/h2-6H,7H2,1H3,(H,20,22). The summed E-state index contributed by atoms with van der Waals surface area (Å²) >= 11 is 6.73. The molecule has 9 heteroatoms. The van der Waals surface area contributed by atoms with Crippen LogP contribution in [0.1, 0.15) is 11.4 Å². The van der Waals surface area contributed by atoms with E-state index in [2.05, 4.69) is 15.3 Å². The van der Waals surface area contributed by atoms with E-state index in [1.807, 2.05) is 0 Å². The fraction of sp³-hybridized carbons (Fsp3) is 0.214. The average molecular weight is 362 g/mol. The van der Waals surface area contributed by atoms with Gasteiger partial charge in [-0.1, -0.05) is 35.5 Å². The van der Waals surface area contributed by atoms with Crippen LogP contribution in [-0.4, -0.2) is 21.6 Å². The minimum absolute atomic E-state index is 0.105. The van der Waals surface area contributed by atoms with Gasteiger partial charge in [-0.3, -0.25) is 4.79 Å². The molecule has 0 aliphatic carbocycles. The number of halogens is 4. The van der Waals surface area contributed by atoms with Gasteiger partial charge in [0.05, 0.1) is 16.5 Å². The molecule has 2 aromatic rings. The average Bonchev–Trinajstić information content (AvgIpc) is 2.46. The number of para-hydroxylation sites is 1. The first-order valence-corrected chi connectivity index (χ1v) is 7.72. The van der Waals surface area contributed by atoms with Crippen molar-refractivity contribution in [2.45, 2.75) is 18.3 Å². The maximum absolute atomic E-state index is 12.7. The summed E-state index contributed by atoms with van der Waals surface area (Å²) in [7, 11) is 0. The Labute approximate surface area is 139 Å². The highest BCUT2D eigenvalue weighted by Crippen LogP contribution is 2.29. The number of carbonyl (C=O) groups is 1. The number of thioether (sulfide) groups is 1. The number of rotatable bonds is 4. The summed E-state index contributed by atoms with van der Waals surface area (Å²) < 4.78 is 38.1. The number of nitrogens with zero attached hydrogens (tertiary/aromatic N) is 2. The number of carbonyl (C=O) groups excluding carboxylic acids is 1. The van der Waals surface area contributed by atoms with E-state index >= 15 is 0 Å². The van der Waals surface area contributed by atoms with Crippen molar-refractivity contribution in [3.63, 3.8) is 0 Å². The normalized spacial score (nSPS) is 11.3. The zero-order chi connectivity index (χ0) is 17.0. The zero-order valence-electron chi connectivity index (χ0n) is 11.8. The van der Waals surface area contributed by atoms with Crippen molar-refractivity contribution < 1.29 is 18.0 Å². The molecule has 0 aliphatic heterocycles. The van der Waals surface area contributed by atoms with Gasteiger partial charge >= 0.3 is 6.18 Å². The number of anilines is 1. The first-order valence-electron chi connectivity index (χ1n) is 6.36. The highest BCUT2D eigenvalue weighted by Gasteiger charge is 2.33. The first kappa shape index (κ1) is 17.6. The molecule has 0 unspecified atom stereocenters. The van der Waals surface area contributed by atoms with Gasteiger partial charge in [-0.2, -0.15) is 13.2 Å². The lowest BCUT2D eigenvalue weighted by atomic mass is 10.3. The van der Waals surface area contributed by atoms with Crippen LogP contribution in [0, 0.1) is 6.92 Å². The van der Waals surface area contributed by atoms with E-state index in [0.29, 0.717) is 10.7 Å². The Morgan fingerprint density at radius 1 is 1.30 bits per heavy atom. The summed E-state index contributed by atoms with van der Waals surface area (Å²) in [6.45, 7) is 1.44. The largest absolute Gasteiger partial charge is 0.433 e. The van der Waals surface area contributed by atoms with Gasteiger partial charge in [-0.15, -0.1) is 0 Å². The third-order valence-electron chi connectivity index (χ3n) is 2.60. The molecule has 0 saturated carbocycles. The van der Waals surface area contributed by atoms with E-state index in [1.165, 1.54) is 6.92 Å². The molecular formula is C14H11ClF3N3OS. The van der Waals surface area contributed by atoms with Gasteiger partial charge in [0, 0.05) is 5.69 Å². The SMILES string of the molecule is Cc1cc(C(F)(F)F)nc(SCC(=O)Nc2ccccc2Cl)n1. The lowest BCUT2D eigenvalue weighted by Crippen LogP contribution is -2.15. The van der Waals surface area contributed by atoms with Crippen molar-refractivity contribution in [2.24, 2.45) is 0 Å². The fourth-order valence-electron chi connectivity index (χ4n) is 1.63. The number of alkyl halides is 3. The second-order valence-corrected chi connectivity index (χ2v) is 5.84. The predicted molar refractivity (Wildman–Crippen MR) is 82.6 cm³/mol. The van der Waals surface area contributed by atoms with E-state index < -0.39 is 17.8 Å². The molecule has 1 amide bonds. The van der Waals surface area contributed by atoms with Crippen LogP contribution in [0.2, 0.25) is 5.02 Å². The molecule has 122 valence electrons. The van der Waals surface area contributed by atoms with Crippen molar-refractivity contribution >= 4 is 35.0 Å². The molecule has 2 rings (SSSR count). The zero-order valence-corrected chi connectivity index (χ0v) is 13.4. The molecule has 0 aliphatic rings. The van der Waals surface area contributed by atoms with Crippen molar-refractivity contribution in [3.05, 3.63) is 46.7 Å². The number of aryl methyl sites for hydroxylation is 1. The Kier molecular flexibility index (Phi) is 5.48. The molecule has 0 saturated heterocycles. The summed E-state index contributed by atoms with van der Waals surface area (Å²) in [6.07, 6.45) is -4.55. The Balaban J connectivity index is 2.02. The Morgan fingerprint density at radius 3 is 2.65 bits per heavy atom. The number of benzene rings is 1. The van der Waals surface area contributed by atoms with Crippen LogP contribution in [0.3, 0.4) is 0 Å². The van der Waals surface area contributed by atoms with Gasteiger partial charge in [0.2, 0.25) is 5.91 Å². The van der Waals surface area contributed by atoms with E-state index in [4.69, 9.17) is 11.6 Å². The van der Waals surface area contributed by atoms with Crippen LogP contribution in [-0.2, 0) is 11.0 Å². The summed E-state index contributed by atoms with van der Waals surface area (Å²) in [5.74, 6) is -0.548. The van der Waals surface area contributed by atoms with Gasteiger partial charge in [-0.25, -0.2) is 9.97 Å². The molecule has 0 radical (unpaired) electrons. The van der Waals surface area contributed by atoms with Crippen LogP contribution < -0.4 is 5.32 Å². The predicted octanol–water partition coefficient (Wildman–Crippen LogP) is 4.19. The fourth-order valence-corrected chi connectivity index (χ4v) is 2.52. The Hall–Kier alpha value is -1.80. The second-order valence-electron chi connectivity index (χ2n) is 4.49. The highest BCUT2D eigenvalue weighted by atomic mass is 35.5. The summed E-state index contributed by atoms with van der Waals surface area (Å²) in [5.41, 5.74) is -0.416. The maximum atomic E-state index is 12.7. The highest BCUT2D eigenvalue weighted by molar-refractivity contribution is 7.99. The minimum atomic E-state index is -4.55. The molecule has 4 nitrogen and oxygen atoms in total. The van der Waals surface area contributed by atoms with Gasteiger partial charge < -0.3 is 5.32 Å². The van der Waals surface area contributed by atoms with E-state index in [9.17, 15) is 18.0 Å². The first-order chi connectivity index (χ1) is 10.8. The quantitative estimate of drug-likeness (QED) is 0.655. The number of amides is 1. The van der Waals surface area contributed by atoms with Crippen LogP contribution in [0.4, 0.5) is 18.9 Å². The van der Waals surface area contributed by atoms with Crippen molar-refractivity contribution in [3.8, 4) is 0 Å². The lowest BCUT2D eigenvalue weighted by Gasteiger charge is -2.09. The minimum Gasteiger partial charge on any atom is -0.324 e. The van der Waals surface area contributed by atoms with Gasteiger partial charge in [-0.05, 0) is 25.1 Å². The smallest absolute Gasteiger partial charge is 0.324 e. The van der Waals surface area contributed by atoms with E-state index in [0.717, 1.165) is 17.8 Å². The maximum Gasteiger partial charge on any atom is 0.433 e. The molecule has 1 aromatic carbocycles. The van der Waals surface area contributed by atoms with Crippen LogP contribution in [0.25, 0.3) is 0 Å². The summed E-state index contributed by atoms with van der Waals surface area (Å²) in [5, 5.41) is 2.84. The van der Waals surface area contributed by atoms with E-state index in [-0.39, 0.29) is 16.6 Å². The Bertz CT molecular complexity index is 725. The third kappa shape index (κ3) is 5.11. The van der Waals surface area contributed by atoms with E-state index in [1.54, 1.807) is 24.3 Å². The summed E-state index contributed by atoms with van der Waals surface area (Å²) in [4.78, 5) is 19.1. The number of hydrogen-bond donors (Lipinski definition) is 1. The Morgan fingerprint density at radius 2 is 2.00 bits per heavy atom. The third-order valence-corrected chi connectivity index (χ3v) is 3.78. The monoisotopic (exact) mass is 361 g/mol. The molecule has 0 fully saturated rings. The molecule has 1 heterocycles. The number of hydrogen-bond acceptors (Lipinski definition) is 4. The van der Waals surface area contributed by atoms with Crippen LogP contribution in [0.5, 0.6) is 0 Å². The lowest BCUT2D eigenvalue weighted by molar-refractivity contribution is -0.141. The van der Waals surface area contributed by atoms with Gasteiger partial charge in [0.25, 0.3) is 0 Å². The topological polar surface area (TPSA) is 54.9 Å². The van der Waals surface area contributed by atoms with Gasteiger partial charge in [0.1, 0.15) is 5.69 Å². The van der Waals surface area contributed by atoms with Crippen LogP contribution >= 0.6 is 23.4 Å². The van der Waals surface area contributed by atoms with Crippen molar-refractivity contribution in [2.75, 3.05) is 11.1 Å². The second kappa shape index (κ2) is 7.18. The summed E-state index contributed by atoms with van der Waals surface area (Å²) in [6, 6.07) is 7.51. The molecule has 23 heavy (non-hydrogen) atoms. The van der Waals surface area contributed by atoms with Gasteiger partial charge in [0.15, 0.2) is 5.16 Å². The van der Waals surface area contributed by atoms with Crippen molar-refractivity contribution in [1.82, 2.24) is 9.97 Å². The molecule has 0 spiro atoms. The van der Waals surface area contributed by atoms with Crippen LogP contribution in [0.15, 0.2) is 35.5 Å². The molecule has 1 N–H and O–H groups in total. The molecular weight excluding hydrogens is 351 g/mol. The number of aromatic nitrogens is 2. The van der Waals surface area contributed by atoms with Crippen molar-refractivity contribution in [1.29, 1.82) is 0 Å². The molecule has 1 aromatic heterocycles.